The number of ether oxygens (including phenoxy) is 1. The summed E-state index contributed by atoms with van der Waals surface area (Å²) < 4.78 is 19.3. The lowest BCUT2D eigenvalue weighted by molar-refractivity contribution is 0.0752. The van der Waals surface area contributed by atoms with Gasteiger partial charge in [-0.2, -0.15) is 0 Å². The van der Waals surface area contributed by atoms with Crippen LogP contribution in [0.4, 0.5) is 10.1 Å². The third-order valence-corrected chi connectivity index (χ3v) is 6.30. The van der Waals surface area contributed by atoms with Crippen LogP contribution in [0.15, 0.2) is 53.9 Å². The van der Waals surface area contributed by atoms with Gasteiger partial charge in [0.05, 0.1) is 17.5 Å². The molecule has 2 heterocycles. The molecule has 31 heavy (non-hydrogen) atoms. The van der Waals surface area contributed by atoms with Crippen molar-refractivity contribution in [2.45, 2.75) is 32.4 Å². The zero-order valence-corrected chi connectivity index (χ0v) is 18.6. The average Bonchev–Trinajstić information content (AvgIpc) is 3.26. The van der Waals surface area contributed by atoms with Gasteiger partial charge in [-0.25, -0.2) is 4.39 Å². The van der Waals surface area contributed by atoms with Crippen LogP contribution in [0.1, 0.15) is 47.7 Å². The third-order valence-electron chi connectivity index (χ3n) is 5.41. The van der Waals surface area contributed by atoms with E-state index in [1.54, 1.807) is 23.6 Å². The van der Waals surface area contributed by atoms with E-state index in [9.17, 15) is 14.3 Å². The Bertz CT molecular complexity index is 1180. The van der Waals surface area contributed by atoms with E-state index in [2.05, 4.69) is 25.2 Å². The van der Waals surface area contributed by atoms with Crippen molar-refractivity contribution in [1.82, 2.24) is 0 Å². The Labute approximate surface area is 185 Å². The summed E-state index contributed by atoms with van der Waals surface area (Å²) in [5.41, 5.74) is 4.02. The number of benzene rings is 2. The fourth-order valence-electron chi connectivity index (χ4n) is 4.24. The van der Waals surface area contributed by atoms with Gasteiger partial charge in [-0.05, 0) is 61.6 Å². The Hall–Kier alpha value is -2.96. The Morgan fingerprint density at radius 1 is 1.19 bits per heavy atom. The number of fused-ring (bicyclic) bond motifs is 1. The van der Waals surface area contributed by atoms with Gasteiger partial charge in [-0.15, -0.1) is 11.3 Å². The van der Waals surface area contributed by atoms with Crippen LogP contribution in [-0.4, -0.2) is 23.5 Å². The molecule has 1 atom stereocenters. The van der Waals surface area contributed by atoms with Crippen molar-refractivity contribution in [2.75, 3.05) is 12.4 Å². The molecule has 6 heteroatoms. The van der Waals surface area contributed by atoms with E-state index in [1.165, 1.54) is 30.6 Å². The fourth-order valence-corrected chi connectivity index (χ4v) is 4.92. The highest BCUT2D eigenvalue weighted by atomic mass is 32.1. The van der Waals surface area contributed by atoms with Crippen LogP contribution in [0.25, 0.3) is 16.7 Å². The number of hydrogen-bond acceptors (Lipinski definition) is 5. The van der Waals surface area contributed by atoms with Crippen LogP contribution in [0.5, 0.6) is 5.75 Å². The predicted molar refractivity (Wildman–Crippen MR) is 123 cm³/mol. The maximum atomic E-state index is 13.8. The first kappa shape index (κ1) is 21.3. The summed E-state index contributed by atoms with van der Waals surface area (Å²) >= 11 is 1.29. The smallest absolute Gasteiger partial charge is 0.205 e. The zero-order chi connectivity index (χ0) is 22.3. The Morgan fingerprint density at radius 3 is 2.61 bits per heavy atom. The summed E-state index contributed by atoms with van der Waals surface area (Å²) in [5.74, 6) is -0.458. The van der Waals surface area contributed by atoms with Crippen molar-refractivity contribution < 1.29 is 19.0 Å². The van der Waals surface area contributed by atoms with E-state index in [-0.39, 0.29) is 11.3 Å². The van der Waals surface area contributed by atoms with Gasteiger partial charge in [0, 0.05) is 28.4 Å². The van der Waals surface area contributed by atoms with Crippen molar-refractivity contribution in [3.8, 4) is 16.9 Å². The molecule has 1 aliphatic rings. The number of nitrogens with one attached hydrogen (secondary N) is 1. The van der Waals surface area contributed by atoms with Crippen LogP contribution >= 0.6 is 11.3 Å². The maximum Gasteiger partial charge on any atom is 0.205 e. The second-order valence-electron chi connectivity index (χ2n) is 8.21. The van der Waals surface area contributed by atoms with E-state index in [0.29, 0.717) is 27.3 Å². The van der Waals surface area contributed by atoms with Crippen LogP contribution in [0, 0.1) is 5.82 Å². The first-order valence-corrected chi connectivity index (χ1v) is 10.8. The number of hydrogen-bond donors (Lipinski definition) is 2. The number of Topliss-reactive ketones (excluding diaryl/α,β-unsaturated/α-hetero) is 1. The molecule has 0 saturated carbocycles. The van der Waals surface area contributed by atoms with Gasteiger partial charge in [0.2, 0.25) is 5.78 Å². The molecule has 4 nitrogen and oxygen atoms in total. The minimum Gasteiger partial charge on any atom is -0.496 e. The Morgan fingerprint density at radius 2 is 1.94 bits per heavy atom. The van der Waals surface area contributed by atoms with E-state index in [4.69, 9.17) is 4.74 Å². The summed E-state index contributed by atoms with van der Waals surface area (Å²) in [4.78, 5) is 13.6. The van der Waals surface area contributed by atoms with Gasteiger partial charge in [0.1, 0.15) is 17.7 Å². The molecule has 2 aromatic carbocycles. The molecule has 4 rings (SSSR count). The number of methoxy groups -OCH3 is 1. The molecule has 0 bridgehead atoms. The first-order valence-electron chi connectivity index (χ1n) is 9.96. The normalized spacial score (nSPS) is 15.5. The number of carbonyl (C=O) groups is 1. The summed E-state index contributed by atoms with van der Waals surface area (Å²) in [5, 5.41) is 16.6. The second kappa shape index (κ2) is 7.94. The number of anilines is 1. The average molecular weight is 438 g/mol. The van der Waals surface area contributed by atoms with Crippen LogP contribution in [0.3, 0.4) is 0 Å². The predicted octanol–water partition coefficient (Wildman–Crippen LogP) is 6.09. The number of thiophene rings is 1. The van der Waals surface area contributed by atoms with Gasteiger partial charge < -0.3 is 15.2 Å². The molecule has 0 radical (unpaired) electrons. The van der Waals surface area contributed by atoms with Crippen molar-refractivity contribution in [2.24, 2.45) is 0 Å². The lowest BCUT2D eigenvalue weighted by atomic mass is 9.82. The van der Waals surface area contributed by atoms with Gasteiger partial charge in [-0.3, -0.25) is 4.79 Å². The topological polar surface area (TPSA) is 58.6 Å². The Balaban J connectivity index is 1.99. The molecule has 1 aromatic heterocycles. The van der Waals surface area contributed by atoms with Crippen molar-refractivity contribution in [3.63, 3.8) is 0 Å². The quantitative estimate of drug-likeness (QED) is 0.475. The van der Waals surface area contributed by atoms with Crippen LogP contribution in [-0.2, 0) is 0 Å². The van der Waals surface area contributed by atoms with Crippen molar-refractivity contribution in [1.29, 1.82) is 0 Å². The second-order valence-corrected chi connectivity index (χ2v) is 9.16. The zero-order valence-electron chi connectivity index (χ0n) is 17.8. The largest absolute Gasteiger partial charge is 0.496 e. The molecule has 1 unspecified atom stereocenters. The summed E-state index contributed by atoms with van der Waals surface area (Å²) in [6, 6.07) is 11.5. The number of ketones is 1. The molecule has 0 spiro atoms. The molecule has 0 amide bonds. The molecule has 160 valence electrons. The number of halogens is 1. The molecule has 0 fully saturated rings. The van der Waals surface area contributed by atoms with Crippen LogP contribution in [0.2, 0.25) is 0 Å². The minimum absolute atomic E-state index is 0.272. The van der Waals surface area contributed by atoms with Crippen molar-refractivity contribution in [3.05, 3.63) is 75.7 Å². The van der Waals surface area contributed by atoms with E-state index in [0.717, 1.165) is 16.8 Å². The third kappa shape index (κ3) is 3.89. The summed E-state index contributed by atoms with van der Waals surface area (Å²) in [7, 11) is 1.47. The molecule has 0 aliphatic carbocycles. The first-order chi connectivity index (χ1) is 14.7. The standard InChI is InChI=1S/C25H24FNO3S/c1-14-13-25(2,3)27-18-10-9-17(16-8-7-15(26)12-19(16)30-4)22(21(14)18)24(29)23(28)20-6-5-11-31-20/h5-13,24,27,29H,1-4H3. The number of aliphatic hydroxyl groups is 1. The highest BCUT2D eigenvalue weighted by molar-refractivity contribution is 7.12. The Kier molecular flexibility index (Phi) is 5.45. The monoisotopic (exact) mass is 437 g/mol. The highest BCUT2D eigenvalue weighted by Crippen LogP contribution is 2.45. The molecule has 2 N–H and O–H groups in total. The minimum atomic E-state index is -1.38. The highest BCUT2D eigenvalue weighted by Gasteiger charge is 2.32. The summed E-state index contributed by atoms with van der Waals surface area (Å²) in [6.45, 7) is 6.09. The number of allylic oxidation sites excluding steroid dienone is 1. The number of aliphatic hydroxyl groups excluding tert-OH is 1. The van der Waals surface area contributed by atoms with E-state index < -0.39 is 11.9 Å². The van der Waals surface area contributed by atoms with Crippen LogP contribution < -0.4 is 10.1 Å². The SMILES string of the molecule is COc1cc(F)ccc1-c1ccc2c(c1C(O)C(=O)c1cccs1)C(C)=CC(C)(C)N2. The molecule has 1 aliphatic heterocycles. The van der Waals surface area contributed by atoms with Gasteiger partial charge >= 0.3 is 0 Å². The summed E-state index contributed by atoms with van der Waals surface area (Å²) in [6.07, 6.45) is 0.692. The van der Waals surface area contributed by atoms with E-state index >= 15 is 0 Å². The fraction of sp³-hybridized carbons (Fsp3) is 0.240. The van der Waals surface area contributed by atoms with Gasteiger partial charge in [-0.1, -0.05) is 18.2 Å². The number of carbonyl (C=O) groups excluding carboxylic acids is 1. The molecular weight excluding hydrogens is 413 g/mol. The molecule has 0 saturated heterocycles. The maximum absolute atomic E-state index is 13.8. The van der Waals surface area contributed by atoms with Crippen molar-refractivity contribution >= 4 is 28.4 Å². The number of rotatable bonds is 5. The molecular formula is C25H24FNO3S. The molecule has 3 aromatic rings. The van der Waals surface area contributed by atoms with Gasteiger partial charge in [0.25, 0.3) is 0 Å². The van der Waals surface area contributed by atoms with Gasteiger partial charge in [0.15, 0.2) is 0 Å². The van der Waals surface area contributed by atoms with E-state index in [1.807, 2.05) is 19.1 Å². The lowest BCUT2D eigenvalue weighted by Gasteiger charge is -2.34. The lowest BCUT2D eigenvalue weighted by Crippen LogP contribution is -2.32.